The summed E-state index contributed by atoms with van der Waals surface area (Å²) in [5, 5.41) is 36.5. The van der Waals surface area contributed by atoms with Crippen LogP contribution in [0.3, 0.4) is 0 Å². The van der Waals surface area contributed by atoms with Crippen LogP contribution in [-0.4, -0.2) is 53.2 Å². The van der Waals surface area contributed by atoms with Crippen LogP contribution in [0.4, 0.5) is 16.2 Å². The molecule has 3 rings (SSSR count). The fraction of sp³-hybridized carbons (Fsp3) is 0.360. The number of aryl methyl sites for hydroxylation is 2. The van der Waals surface area contributed by atoms with Gasteiger partial charge in [-0.1, -0.05) is 26.0 Å². The lowest BCUT2D eigenvalue weighted by Gasteiger charge is -2.17. The third-order valence-electron chi connectivity index (χ3n) is 5.29. The summed E-state index contributed by atoms with van der Waals surface area (Å²) in [4.78, 5) is 20.2. The zero-order valence-corrected chi connectivity index (χ0v) is 20.1. The van der Waals surface area contributed by atoms with Gasteiger partial charge in [0, 0.05) is 30.7 Å². The lowest BCUT2D eigenvalue weighted by atomic mass is 9.97. The van der Waals surface area contributed by atoms with Gasteiger partial charge in [0.1, 0.15) is 11.6 Å². The first-order chi connectivity index (χ1) is 16.5. The minimum atomic E-state index is -1.18. The molecule has 35 heavy (non-hydrogen) atoms. The number of hydrogen-bond donors (Lipinski definition) is 4. The van der Waals surface area contributed by atoms with E-state index >= 15 is 0 Å². The molecule has 0 fully saturated rings. The van der Waals surface area contributed by atoms with Crippen molar-refractivity contribution >= 4 is 23.8 Å². The van der Waals surface area contributed by atoms with Crippen molar-refractivity contribution in [2.24, 2.45) is 7.05 Å². The molecule has 186 valence electrons. The second kappa shape index (κ2) is 11.2. The molecular formula is C25H30FN5O4. The summed E-state index contributed by atoms with van der Waals surface area (Å²) in [6, 6.07) is 7.78. The molecule has 2 aromatic heterocycles. The standard InChI is InChI=1S/C25H30FN5O4/c1-14(2)23-20(10-9-18(32)12-19(33)13-22(34)35)24(16-5-7-17(26)8-6-16)29-25(28-23)27-21-11-15(3)30-31(21)4/h5-11,14,18-19,32-33H,12-13H2,1-4H3,(H,34,35)(H,27,28,29)/b10-9+/t18-,19-/m1/s1. The van der Waals surface area contributed by atoms with Gasteiger partial charge in [0.15, 0.2) is 0 Å². The van der Waals surface area contributed by atoms with Crippen molar-refractivity contribution in [3.8, 4) is 11.3 Å². The summed E-state index contributed by atoms with van der Waals surface area (Å²) < 4.78 is 15.3. The number of halogens is 1. The Balaban J connectivity index is 2.05. The molecule has 0 unspecified atom stereocenters. The second-order valence-electron chi connectivity index (χ2n) is 8.69. The molecule has 0 aliphatic rings. The van der Waals surface area contributed by atoms with Gasteiger partial charge in [-0.05, 0) is 37.1 Å². The van der Waals surface area contributed by atoms with Gasteiger partial charge >= 0.3 is 5.97 Å². The van der Waals surface area contributed by atoms with Crippen LogP contribution in [0.2, 0.25) is 0 Å². The van der Waals surface area contributed by atoms with Gasteiger partial charge < -0.3 is 20.6 Å². The van der Waals surface area contributed by atoms with E-state index in [0.717, 1.165) is 5.69 Å². The Labute approximate surface area is 203 Å². The highest BCUT2D eigenvalue weighted by Gasteiger charge is 2.19. The topological polar surface area (TPSA) is 133 Å². The molecule has 10 heteroatoms. The van der Waals surface area contributed by atoms with E-state index in [-0.39, 0.29) is 18.2 Å². The van der Waals surface area contributed by atoms with Crippen LogP contribution in [0, 0.1) is 12.7 Å². The smallest absolute Gasteiger partial charge is 0.305 e. The molecule has 0 amide bonds. The van der Waals surface area contributed by atoms with E-state index in [0.29, 0.717) is 34.3 Å². The minimum absolute atomic E-state index is 0.0274. The predicted octanol–water partition coefficient (Wildman–Crippen LogP) is 3.79. The highest BCUT2D eigenvalue weighted by molar-refractivity contribution is 5.75. The van der Waals surface area contributed by atoms with Crippen molar-refractivity contribution in [1.82, 2.24) is 19.7 Å². The molecular weight excluding hydrogens is 453 g/mol. The SMILES string of the molecule is Cc1cc(Nc2nc(-c3ccc(F)cc3)c(/C=C/[C@@H](O)C[C@@H](O)CC(=O)O)c(C(C)C)n2)n(C)n1. The summed E-state index contributed by atoms with van der Waals surface area (Å²) in [6.07, 6.45) is 0.273. The highest BCUT2D eigenvalue weighted by Crippen LogP contribution is 2.31. The summed E-state index contributed by atoms with van der Waals surface area (Å²) in [5.74, 6) is -0.510. The van der Waals surface area contributed by atoms with Gasteiger partial charge in [0.2, 0.25) is 5.95 Å². The number of hydrogen-bond acceptors (Lipinski definition) is 7. The lowest BCUT2D eigenvalue weighted by Crippen LogP contribution is -2.19. The highest BCUT2D eigenvalue weighted by atomic mass is 19.1. The summed E-state index contributed by atoms with van der Waals surface area (Å²) >= 11 is 0. The third kappa shape index (κ3) is 6.93. The van der Waals surface area contributed by atoms with Crippen LogP contribution in [-0.2, 0) is 11.8 Å². The first-order valence-corrected chi connectivity index (χ1v) is 11.2. The summed E-state index contributed by atoms with van der Waals surface area (Å²) in [7, 11) is 1.80. The molecule has 0 radical (unpaired) electrons. The molecule has 2 heterocycles. The molecule has 0 saturated carbocycles. The van der Waals surface area contributed by atoms with Crippen molar-refractivity contribution in [3.05, 3.63) is 59.2 Å². The Hall–Kier alpha value is -3.63. The number of aliphatic carboxylic acids is 1. The van der Waals surface area contributed by atoms with Crippen LogP contribution < -0.4 is 5.32 Å². The number of rotatable bonds is 10. The Morgan fingerprint density at radius 2 is 1.89 bits per heavy atom. The van der Waals surface area contributed by atoms with Gasteiger partial charge in [-0.2, -0.15) is 5.10 Å². The molecule has 0 spiro atoms. The zero-order valence-electron chi connectivity index (χ0n) is 20.1. The van der Waals surface area contributed by atoms with E-state index in [1.807, 2.05) is 26.8 Å². The monoisotopic (exact) mass is 483 g/mol. The van der Waals surface area contributed by atoms with E-state index in [1.165, 1.54) is 18.2 Å². The van der Waals surface area contributed by atoms with Crippen molar-refractivity contribution < 1.29 is 24.5 Å². The van der Waals surface area contributed by atoms with Crippen LogP contribution in [0.15, 0.2) is 36.4 Å². The molecule has 0 aliphatic carbocycles. The van der Waals surface area contributed by atoms with Gasteiger partial charge in [-0.25, -0.2) is 14.4 Å². The molecule has 0 saturated heterocycles. The molecule has 1 aromatic carbocycles. The lowest BCUT2D eigenvalue weighted by molar-refractivity contribution is -0.139. The maximum atomic E-state index is 13.6. The fourth-order valence-electron chi connectivity index (χ4n) is 3.67. The van der Waals surface area contributed by atoms with Crippen molar-refractivity contribution in [2.45, 2.75) is 51.7 Å². The maximum absolute atomic E-state index is 13.6. The van der Waals surface area contributed by atoms with E-state index in [1.54, 1.807) is 29.9 Å². The number of benzene rings is 1. The first-order valence-electron chi connectivity index (χ1n) is 11.2. The fourth-order valence-corrected chi connectivity index (χ4v) is 3.67. The molecule has 4 N–H and O–H groups in total. The number of carboxylic acids is 1. The van der Waals surface area contributed by atoms with Gasteiger partial charge in [-0.15, -0.1) is 0 Å². The largest absolute Gasteiger partial charge is 0.481 e. The number of aliphatic hydroxyl groups excluding tert-OH is 2. The van der Waals surface area contributed by atoms with E-state index in [9.17, 15) is 19.4 Å². The number of aromatic nitrogens is 4. The molecule has 0 aliphatic heterocycles. The summed E-state index contributed by atoms with van der Waals surface area (Å²) in [6.45, 7) is 5.82. The van der Waals surface area contributed by atoms with Crippen molar-refractivity contribution in [1.29, 1.82) is 0 Å². The number of carbonyl (C=O) groups is 1. The summed E-state index contributed by atoms with van der Waals surface area (Å²) in [5.41, 5.74) is 3.33. The second-order valence-corrected chi connectivity index (χ2v) is 8.69. The van der Waals surface area contributed by atoms with Gasteiger partial charge in [0.25, 0.3) is 0 Å². The van der Waals surface area contributed by atoms with Gasteiger partial charge in [-0.3, -0.25) is 9.48 Å². The van der Waals surface area contributed by atoms with Crippen LogP contribution >= 0.6 is 0 Å². The van der Waals surface area contributed by atoms with Crippen molar-refractivity contribution in [2.75, 3.05) is 5.32 Å². The van der Waals surface area contributed by atoms with E-state index < -0.39 is 24.6 Å². The minimum Gasteiger partial charge on any atom is -0.481 e. The number of carboxylic acid groups (broad SMARTS) is 1. The zero-order chi connectivity index (χ0) is 25.7. The van der Waals surface area contributed by atoms with Crippen LogP contribution in [0.25, 0.3) is 17.3 Å². The van der Waals surface area contributed by atoms with Gasteiger partial charge in [0.05, 0.1) is 35.7 Å². The number of nitrogens with one attached hydrogen (secondary N) is 1. The number of aliphatic hydroxyl groups is 2. The normalized spacial score (nSPS) is 13.4. The Kier molecular flexibility index (Phi) is 8.31. The van der Waals surface area contributed by atoms with E-state index in [4.69, 9.17) is 15.1 Å². The number of anilines is 2. The average molecular weight is 484 g/mol. The maximum Gasteiger partial charge on any atom is 0.305 e. The van der Waals surface area contributed by atoms with Crippen LogP contribution in [0.1, 0.15) is 49.6 Å². The molecule has 0 bridgehead atoms. The molecule has 9 nitrogen and oxygen atoms in total. The Morgan fingerprint density at radius 1 is 1.20 bits per heavy atom. The Morgan fingerprint density at radius 3 is 2.46 bits per heavy atom. The predicted molar refractivity (Wildman–Crippen MR) is 131 cm³/mol. The quantitative estimate of drug-likeness (QED) is 0.342. The molecule has 2 atom stereocenters. The van der Waals surface area contributed by atoms with Crippen LogP contribution in [0.5, 0.6) is 0 Å². The average Bonchev–Trinajstić information content (AvgIpc) is 3.08. The molecule has 3 aromatic rings. The Bertz CT molecular complexity index is 1210. The number of nitrogens with zero attached hydrogens (tertiary/aromatic N) is 4. The van der Waals surface area contributed by atoms with E-state index in [2.05, 4.69) is 10.4 Å². The first kappa shape index (κ1) is 26.0. The third-order valence-corrected chi connectivity index (χ3v) is 5.29. The van der Waals surface area contributed by atoms with Crippen molar-refractivity contribution in [3.63, 3.8) is 0 Å².